The monoisotopic (exact) mass is 372 g/mol. The SMILES string of the molecule is CCc1nc(C)nc(N2CCN(CC(C)O)CC2)c1Cc1ccc(F)cc1. The molecule has 1 aromatic carbocycles. The first kappa shape index (κ1) is 19.7. The van der Waals surface area contributed by atoms with Gasteiger partial charge in [-0.05, 0) is 38.0 Å². The molecule has 0 saturated carbocycles. The van der Waals surface area contributed by atoms with Gasteiger partial charge < -0.3 is 10.0 Å². The Balaban J connectivity index is 1.85. The van der Waals surface area contributed by atoms with Crippen LogP contribution in [0.4, 0.5) is 10.2 Å². The molecule has 2 aromatic rings. The maximum Gasteiger partial charge on any atom is 0.136 e. The summed E-state index contributed by atoms with van der Waals surface area (Å²) in [5.74, 6) is 1.57. The molecule has 1 aliphatic rings. The minimum absolute atomic E-state index is 0.218. The first-order valence-electron chi connectivity index (χ1n) is 9.72. The van der Waals surface area contributed by atoms with Crippen LogP contribution in [0.2, 0.25) is 0 Å². The van der Waals surface area contributed by atoms with Gasteiger partial charge in [-0.1, -0.05) is 19.1 Å². The summed E-state index contributed by atoms with van der Waals surface area (Å²) < 4.78 is 13.3. The van der Waals surface area contributed by atoms with E-state index in [9.17, 15) is 9.50 Å². The molecule has 0 aliphatic carbocycles. The van der Waals surface area contributed by atoms with E-state index in [0.29, 0.717) is 13.0 Å². The molecule has 2 heterocycles. The summed E-state index contributed by atoms with van der Waals surface area (Å²) in [5.41, 5.74) is 3.26. The first-order chi connectivity index (χ1) is 13.0. The second-order valence-corrected chi connectivity index (χ2v) is 7.31. The fourth-order valence-corrected chi connectivity index (χ4v) is 3.69. The third-order valence-corrected chi connectivity index (χ3v) is 5.01. The molecule has 1 N–H and O–H groups in total. The van der Waals surface area contributed by atoms with Crippen LogP contribution in [0.3, 0.4) is 0 Å². The molecule has 0 spiro atoms. The van der Waals surface area contributed by atoms with E-state index >= 15 is 0 Å². The Labute approximate surface area is 160 Å². The van der Waals surface area contributed by atoms with Gasteiger partial charge in [-0.25, -0.2) is 14.4 Å². The average molecular weight is 372 g/mol. The number of anilines is 1. The van der Waals surface area contributed by atoms with E-state index in [1.54, 1.807) is 0 Å². The van der Waals surface area contributed by atoms with Gasteiger partial charge in [-0.2, -0.15) is 0 Å². The number of halogens is 1. The third kappa shape index (κ3) is 5.02. The maximum absolute atomic E-state index is 13.3. The lowest BCUT2D eigenvalue weighted by atomic mass is 10.0. The molecule has 0 bridgehead atoms. The molecule has 0 radical (unpaired) electrons. The van der Waals surface area contributed by atoms with Gasteiger partial charge in [0.1, 0.15) is 17.5 Å². The van der Waals surface area contributed by atoms with Crippen LogP contribution in [0.5, 0.6) is 0 Å². The average Bonchev–Trinajstić information content (AvgIpc) is 2.64. The highest BCUT2D eigenvalue weighted by molar-refractivity contribution is 5.52. The van der Waals surface area contributed by atoms with Crippen molar-refractivity contribution in [3.63, 3.8) is 0 Å². The zero-order valence-electron chi connectivity index (χ0n) is 16.5. The summed E-state index contributed by atoms with van der Waals surface area (Å²) in [6.07, 6.45) is 1.24. The fraction of sp³-hybridized carbons (Fsp3) is 0.524. The second-order valence-electron chi connectivity index (χ2n) is 7.31. The van der Waals surface area contributed by atoms with E-state index in [2.05, 4.69) is 21.7 Å². The lowest BCUT2D eigenvalue weighted by Crippen LogP contribution is -2.49. The highest BCUT2D eigenvalue weighted by atomic mass is 19.1. The number of rotatable bonds is 6. The van der Waals surface area contributed by atoms with Crippen LogP contribution in [0, 0.1) is 12.7 Å². The molecule has 1 unspecified atom stereocenters. The standard InChI is InChI=1S/C21H29FN4O/c1-4-20-19(13-17-5-7-18(22)8-6-17)21(24-16(3)23-20)26-11-9-25(10-12-26)14-15(2)27/h5-8,15,27H,4,9-14H2,1-3H3. The minimum atomic E-state index is -0.307. The Kier molecular flexibility index (Phi) is 6.39. The summed E-state index contributed by atoms with van der Waals surface area (Å²) in [5, 5.41) is 9.62. The number of benzene rings is 1. The van der Waals surface area contributed by atoms with Crippen molar-refractivity contribution in [1.29, 1.82) is 0 Å². The van der Waals surface area contributed by atoms with Crippen molar-refractivity contribution >= 4 is 5.82 Å². The lowest BCUT2D eigenvalue weighted by Gasteiger charge is -2.37. The highest BCUT2D eigenvalue weighted by Gasteiger charge is 2.23. The van der Waals surface area contributed by atoms with E-state index in [0.717, 1.165) is 61.1 Å². The molecule has 0 amide bonds. The number of hydrogen-bond acceptors (Lipinski definition) is 5. The summed E-state index contributed by atoms with van der Waals surface area (Å²) >= 11 is 0. The largest absolute Gasteiger partial charge is 0.392 e. The molecular formula is C21H29FN4O. The van der Waals surface area contributed by atoms with Gasteiger partial charge in [0.2, 0.25) is 0 Å². The van der Waals surface area contributed by atoms with Crippen molar-refractivity contribution < 1.29 is 9.50 Å². The van der Waals surface area contributed by atoms with Crippen LogP contribution in [-0.4, -0.2) is 58.8 Å². The molecule has 3 rings (SSSR count). The van der Waals surface area contributed by atoms with Crippen LogP contribution in [0.15, 0.2) is 24.3 Å². The number of nitrogens with zero attached hydrogens (tertiary/aromatic N) is 4. The predicted molar refractivity (Wildman–Crippen MR) is 106 cm³/mol. The van der Waals surface area contributed by atoms with Gasteiger partial charge in [0.05, 0.1) is 6.10 Å². The Morgan fingerprint density at radius 1 is 1.11 bits per heavy atom. The minimum Gasteiger partial charge on any atom is -0.392 e. The number of hydrogen-bond donors (Lipinski definition) is 1. The van der Waals surface area contributed by atoms with Gasteiger partial charge in [0.25, 0.3) is 0 Å². The molecule has 1 saturated heterocycles. The molecule has 1 aliphatic heterocycles. The van der Waals surface area contributed by atoms with E-state index in [4.69, 9.17) is 4.98 Å². The number of aliphatic hydroxyl groups is 1. The molecule has 1 atom stereocenters. The van der Waals surface area contributed by atoms with E-state index in [1.807, 2.05) is 26.0 Å². The van der Waals surface area contributed by atoms with E-state index in [-0.39, 0.29) is 11.9 Å². The Hall–Kier alpha value is -2.05. The van der Waals surface area contributed by atoms with Crippen LogP contribution < -0.4 is 4.90 Å². The number of piperazine rings is 1. The van der Waals surface area contributed by atoms with Crippen molar-refractivity contribution in [3.8, 4) is 0 Å². The Morgan fingerprint density at radius 2 is 1.78 bits per heavy atom. The summed E-state index contributed by atoms with van der Waals surface area (Å²) in [6.45, 7) is 10.2. The van der Waals surface area contributed by atoms with Gasteiger partial charge in [-0.15, -0.1) is 0 Å². The van der Waals surface area contributed by atoms with E-state index < -0.39 is 0 Å². The quantitative estimate of drug-likeness (QED) is 0.845. The van der Waals surface area contributed by atoms with Gasteiger partial charge in [0, 0.05) is 50.4 Å². The Bertz CT molecular complexity index is 756. The highest BCUT2D eigenvalue weighted by Crippen LogP contribution is 2.26. The molecule has 6 heteroatoms. The van der Waals surface area contributed by atoms with E-state index in [1.165, 1.54) is 12.1 Å². The van der Waals surface area contributed by atoms with Crippen molar-refractivity contribution in [2.24, 2.45) is 0 Å². The second kappa shape index (κ2) is 8.76. The third-order valence-electron chi connectivity index (χ3n) is 5.01. The van der Waals surface area contributed by atoms with Gasteiger partial charge >= 0.3 is 0 Å². The number of β-amino-alcohol motifs (C(OH)–C–C–N with tert-alkyl or cyclic N) is 1. The summed E-state index contributed by atoms with van der Waals surface area (Å²) in [4.78, 5) is 14.0. The van der Waals surface area contributed by atoms with Gasteiger partial charge in [0.15, 0.2) is 0 Å². The van der Waals surface area contributed by atoms with Crippen LogP contribution in [0.25, 0.3) is 0 Å². The normalized spacial score (nSPS) is 16.6. The number of aromatic nitrogens is 2. The van der Waals surface area contributed by atoms with Crippen LogP contribution >= 0.6 is 0 Å². The zero-order chi connectivity index (χ0) is 19.4. The first-order valence-corrected chi connectivity index (χ1v) is 9.72. The summed E-state index contributed by atoms with van der Waals surface area (Å²) in [6, 6.07) is 6.67. The van der Waals surface area contributed by atoms with Crippen molar-refractivity contribution in [1.82, 2.24) is 14.9 Å². The molecule has 1 fully saturated rings. The zero-order valence-corrected chi connectivity index (χ0v) is 16.5. The number of aryl methyl sites for hydroxylation is 2. The van der Waals surface area contributed by atoms with Crippen LogP contribution in [0.1, 0.15) is 36.5 Å². The predicted octanol–water partition coefficient (Wildman–Crippen LogP) is 2.58. The molecule has 1 aromatic heterocycles. The van der Waals surface area contributed by atoms with Crippen molar-refractivity contribution in [2.75, 3.05) is 37.6 Å². The van der Waals surface area contributed by atoms with Crippen molar-refractivity contribution in [2.45, 2.75) is 39.7 Å². The fourth-order valence-electron chi connectivity index (χ4n) is 3.69. The topological polar surface area (TPSA) is 52.5 Å². The molecular weight excluding hydrogens is 343 g/mol. The molecule has 146 valence electrons. The van der Waals surface area contributed by atoms with Crippen LogP contribution in [-0.2, 0) is 12.8 Å². The Morgan fingerprint density at radius 3 is 2.37 bits per heavy atom. The lowest BCUT2D eigenvalue weighted by molar-refractivity contribution is 0.122. The number of aliphatic hydroxyl groups excluding tert-OH is 1. The molecule has 5 nitrogen and oxygen atoms in total. The smallest absolute Gasteiger partial charge is 0.136 e. The maximum atomic E-state index is 13.3. The van der Waals surface area contributed by atoms with Crippen molar-refractivity contribution in [3.05, 3.63) is 52.7 Å². The molecule has 27 heavy (non-hydrogen) atoms. The van der Waals surface area contributed by atoms with Gasteiger partial charge in [-0.3, -0.25) is 4.90 Å². The summed E-state index contributed by atoms with van der Waals surface area (Å²) in [7, 11) is 0.